The molecule has 1 heterocycles. The van der Waals surface area contributed by atoms with E-state index in [2.05, 4.69) is 11.4 Å². The Labute approximate surface area is 175 Å². The summed E-state index contributed by atoms with van der Waals surface area (Å²) in [6, 6.07) is 9.75. The number of halogens is 1. The molecule has 1 N–H and O–H groups in total. The van der Waals surface area contributed by atoms with Crippen LogP contribution < -0.4 is 5.32 Å². The number of pyridine rings is 1. The van der Waals surface area contributed by atoms with E-state index in [9.17, 15) is 10.1 Å². The van der Waals surface area contributed by atoms with Crippen LogP contribution in [0.25, 0.3) is 0 Å². The molecule has 0 fully saturated rings. The van der Waals surface area contributed by atoms with E-state index in [0.717, 1.165) is 47.7 Å². The summed E-state index contributed by atoms with van der Waals surface area (Å²) in [6.45, 7) is 1.88. The van der Waals surface area contributed by atoms with Gasteiger partial charge in [-0.2, -0.15) is 5.26 Å². The largest absolute Gasteiger partial charge is 0.326 e. The molecule has 1 aromatic heterocycles. The molecule has 0 spiro atoms. The minimum atomic E-state index is -0.0670. The molecule has 2 aromatic rings. The standard InChI is InChI=1S/C22H24ClN3OS/c1-15-18(23)8-6-10-19(15)25-21(27)11-12-28-22-17(14-24)13-16-7-4-2-3-5-9-20(16)26-22/h6,8,10,13H,2-5,7,9,11-12H2,1H3,(H,25,27). The summed E-state index contributed by atoms with van der Waals surface area (Å²) >= 11 is 7.58. The maximum atomic E-state index is 12.3. The molecule has 0 unspecified atom stereocenters. The summed E-state index contributed by atoms with van der Waals surface area (Å²) in [7, 11) is 0. The zero-order valence-electron chi connectivity index (χ0n) is 16.1. The van der Waals surface area contributed by atoms with Gasteiger partial charge in [-0.15, -0.1) is 11.8 Å². The quantitative estimate of drug-likeness (QED) is 0.639. The highest BCUT2D eigenvalue weighted by Gasteiger charge is 2.15. The Morgan fingerprint density at radius 2 is 2.07 bits per heavy atom. The van der Waals surface area contributed by atoms with Gasteiger partial charge in [0.2, 0.25) is 5.91 Å². The van der Waals surface area contributed by atoms with Crippen molar-refractivity contribution < 1.29 is 4.79 Å². The van der Waals surface area contributed by atoms with E-state index in [0.29, 0.717) is 22.8 Å². The third kappa shape index (κ3) is 5.27. The van der Waals surface area contributed by atoms with Crippen LogP contribution in [0.4, 0.5) is 5.69 Å². The number of fused-ring (bicyclic) bond motifs is 1. The Bertz CT molecular complexity index is 907. The maximum Gasteiger partial charge on any atom is 0.225 e. The predicted molar refractivity (Wildman–Crippen MR) is 115 cm³/mol. The lowest BCUT2D eigenvalue weighted by atomic mass is 9.96. The highest BCUT2D eigenvalue weighted by atomic mass is 35.5. The van der Waals surface area contributed by atoms with Crippen molar-refractivity contribution in [1.82, 2.24) is 4.98 Å². The van der Waals surface area contributed by atoms with Gasteiger partial charge in [0.25, 0.3) is 0 Å². The van der Waals surface area contributed by atoms with E-state index < -0.39 is 0 Å². The highest BCUT2D eigenvalue weighted by Crippen LogP contribution is 2.27. The van der Waals surface area contributed by atoms with Crippen LogP contribution in [0.3, 0.4) is 0 Å². The van der Waals surface area contributed by atoms with Crippen LogP contribution in [0.1, 0.15) is 54.5 Å². The average Bonchev–Trinajstić information content (AvgIpc) is 2.66. The minimum Gasteiger partial charge on any atom is -0.326 e. The van der Waals surface area contributed by atoms with Gasteiger partial charge in [-0.05, 0) is 61.9 Å². The molecule has 146 valence electrons. The summed E-state index contributed by atoms with van der Waals surface area (Å²) in [6.07, 6.45) is 7.13. The monoisotopic (exact) mass is 413 g/mol. The number of thioether (sulfide) groups is 1. The lowest BCUT2D eigenvalue weighted by Crippen LogP contribution is -2.13. The Morgan fingerprint density at radius 3 is 2.86 bits per heavy atom. The summed E-state index contributed by atoms with van der Waals surface area (Å²) in [5, 5.41) is 13.8. The van der Waals surface area contributed by atoms with Crippen LogP contribution in [-0.4, -0.2) is 16.6 Å². The van der Waals surface area contributed by atoms with Crippen molar-refractivity contribution in [1.29, 1.82) is 5.26 Å². The van der Waals surface area contributed by atoms with Gasteiger partial charge in [0.15, 0.2) is 0 Å². The summed E-state index contributed by atoms with van der Waals surface area (Å²) < 4.78 is 0. The number of benzene rings is 1. The SMILES string of the molecule is Cc1c(Cl)cccc1NC(=O)CCSc1nc2c(cc1C#N)CCCCCC2. The van der Waals surface area contributed by atoms with Gasteiger partial charge in [-0.3, -0.25) is 4.79 Å². The van der Waals surface area contributed by atoms with E-state index in [-0.39, 0.29) is 5.91 Å². The first kappa shape index (κ1) is 20.7. The molecule has 1 aromatic carbocycles. The molecule has 4 nitrogen and oxygen atoms in total. The van der Waals surface area contributed by atoms with Crippen molar-refractivity contribution in [2.24, 2.45) is 0 Å². The fraction of sp³-hybridized carbons (Fsp3) is 0.409. The van der Waals surface area contributed by atoms with Gasteiger partial charge in [0.05, 0.1) is 5.56 Å². The fourth-order valence-corrected chi connectivity index (χ4v) is 4.44. The molecule has 1 aliphatic rings. The van der Waals surface area contributed by atoms with E-state index in [1.54, 1.807) is 6.07 Å². The number of amides is 1. The number of aryl methyl sites for hydroxylation is 2. The van der Waals surface area contributed by atoms with Crippen LogP contribution in [0.5, 0.6) is 0 Å². The molecule has 0 bridgehead atoms. The molecule has 1 aliphatic carbocycles. The molecule has 0 saturated carbocycles. The number of aromatic nitrogens is 1. The number of rotatable bonds is 5. The van der Waals surface area contributed by atoms with Crippen LogP contribution in [0, 0.1) is 18.3 Å². The van der Waals surface area contributed by atoms with E-state index in [4.69, 9.17) is 16.6 Å². The van der Waals surface area contributed by atoms with Gasteiger partial charge in [0, 0.05) is 28.6 Å². The van der Waals surface area contributed by atoms with Gasteiger partial charge in [-0.1, -0.05) is 30.5 Å². The lowest BCUT2D eigenvalue weighted by molar-refractivity contribution is -0.115. The van der Waals surface area contributed by atoms with Crippen LogP contribution in [0.2, 0.25) is 5.02 Å². The van der Waals surface area contributed by atoms with Crippen LogP contribution >= 0.6 is 23.4 Å². The van der Waals surface area contributed by atoms with Crippen molar-refractivity contribution in [2.45, 2.75) is 56.9 Å². The molecule has 0 atom stereocenters. The van der Waals surface area contributed by atoms with Gasteiger partial charge in [0.1, 0.15) is 11.1 Å². The molecule has 28 heavy (non-hydrogen) atoms. The Balaban J connectivity index is 1.62. The lowest BCUT2D eigenvalue weighted by Gasteiger charge is -2.15. The minimum absolute atomic E-state index is 0.0670. The van der Waals surface area contributed by atoms with Gasteiger partial charge < -0.3 is 5.32 Å². The molecule has 0 saturated heterocycles. The molecular formula is C22H24ClN3OS. The van der Waals surface area contributed by atoms with Gasteiger partial charge in [-0.25, -0.2) is 4.98 Å². The molecule has 3 rings (SSSR count). The number of carbonyl (C=O) groups is 1. The molecule has 0 radical (unpaired) electrons. The third-order valence-corrected chi connectivity index (χ3v) is 6.40. The third-order valence-electron chi connectivity index (χ3n) is 5.00. The molecule has 0 aliphatic heterocycles. The second-order valence-corrected chi connectivity index (χ2v) is 8.52. The first-order valence-corrected chi connectivity index (χ1v) is 11.1. The highest BCUT2D eigenvalue weighted by molar-refractivity contribution is 7.99. The number of nitrogens with zero attached hydrogens (tertiary/aromatic N) is 2. The molecular weight excluding hydrogens is 390 g/mol. The fourth-order valence-electron chi connectivity index (χ4n) is 3.35. The number of hydrogen-bond acceptors (Lipinski definition) is 4. The van der Waals surface area contributed by atoms with E-state index >= 15 is 0 Å². The number of nitriles is 1. The first-order valence-electron chi connectivity index (χ1n) is 9.69. The van der Waals surface area contributed by atoms with E-state index in [1.807, 2.05) is 25.1 Å². The number of carbonyl (C=O) groups excluding carboxylic acids is 1. The Kier molecular flexibility index (Phi) is 7.36. The van der Waals surface area contributed by atoms with Crippen molar-refractivity contribution in [2.75, 3.05) is 11.1 Å². The second kappa shape index (κ2) is 9.95. The zero-order valence-corrected chi connectivity index (χ0v) is 17.6. The average molecular weight is 414 g/mol. The normalized spacial score (nSPS) is 13.8. The molecule has 6 heteroatoms. The number of nitrogens with one attached hydrogen (secondary N) is 1. The number of anilines is 1. The van der Waals surface area contributed by atoms with Crippen molar-refractivity contribution >= 4 is 35.0 Å². The Hall–Kier alpha value is -2.03. The molecule has 1 amide bonds. The van der Waals surface area contributed by atoms with Gasteiger partial charge >= 0.3 is 0 Å². The van der Waals surface area contributed by atoms with Crippen LogP contribution in [0.15, 0.2) is 29.3 Å². The maximum absolute atomic E-state index is 12.3. The summed E-state index contributed by atoms with van der Waals surface area (Å²) in [4.78, 5) is 17.1. The Morgan fingerprint density at radius 1 is 1.29 bits per heavy atom. The van der Waals surface area contributed by atoms with Crippen molar-refractivity contribution in [3.8, 4) is 6.07 Å². The smallest absolute Gasteiger partial charge is 0.225 e. The van der Waals surface area contributed by atoms with Crippen LogP contribution in [-0.2, 0) is 17.6 Å². The topological polar surface area (TPSA) is 65.8 Å². The van der Waals surface area contributed by atoms with E-state index in [1.165, 1.54) is 30.2 Å². The first-order chi connectivity index (χ1) is 13.6. The summed E-state index contributed by atoms with van der Waals surface area (Å²) in [5.74, 6) is 0.508. The number of hydrogen-bond donors (Lipinski definition) is 1. The summed E-state index contributed by atoms with van der Waals surface area (Å²) in [5.41, 5.74) is 4.56. The zero-order chi connectivity index (χ0) is 19.9. The van der Waals surface area contributed by atoms with Crippen molar-refractivity contribution in [3.63, 3.8) is 0 Å². The predicted octanol–water partition coefficient (Wildman–Crippen LogP) is 5.70. The van der Waals surface area contributed by atoms with Crippen molar-refractivity contribution in [3.05, 3.63) is 51.7 Å². The second-order valence-electron chi connectivity index (χ2n) is 7.03.